The standard InChI is InChI=1S/C38H32N6O4/c39-25-27-7-11-29(12-8-27)35-41-43-37(47-35)31-15-19-33(20-16-31)45-23-5-3-1-2-4-6-24-46-34-21-17-32(18-22-34)38-44-42-36(48-38)30-13-9-28(26-40)10-14-30/h7-22H,1-6,23-24H2. The van der Waals surface area contributed by atoms with Gasteiger partial charge in [0.05, 0.1) is 36.5 Å². The van der Waals surface area contributed by atoms with Gasteiger partial charge in [0.2, 0.25) is 23.6 Å². The molecule has 0 amide bonds. The molecule has 0 saturated heterocycles. The van der Waals surface area contributed by atoms with Crippen molar-refractivity contribution in [2.24, 2.45) is 0 Å². The van der Waals surface area contributed by atoms with E-state index >= 15 is 0 Å². The van der Waals surface area contributed by atoms with Crippen LogP contribution in [-0.2, 0) is 0 Å². The Morgan fingerprint density at radius 2 is 0.708 bits per heavy atom. The fraction of sp³-hybridized carbons (Fsp3) is 0.211. The maximum Gasteiger partial charge on any atom is 0.248 e. The van der Waals surface area contributed by atoms with Crippen LogP contribution < -0.4 is 9.47 Å². The van der Waals surface area contributed by atoms with Crippen LogP contribution >= 0.6 is 0 Å². The van der Waals surface area contributed by atoms with Gasteiger partial charge in [0, 0.05) is 22.3 Å². The van der Waals surface area contributed by atoms with Crippen molar-refractivity contribution in [3.63, 3.8) is 0 Å². The zero-order valence-corrected chi connectivity index (χ0v) is 26.2. The first-order valence-corrected chi connectivity index (χ1v) is 15.8. The fourth-order valence-corrected chi connectivity index (χ4v) is 4.97. The smallest absolute Gasteiger partial charge is 0.248 e. The molecule has 0 fully saturated rings. The maximum atomic E-state index is 8.96. The molecule has 4 aromatic carbocycles. The summed E-state index contributed by atoms with van der Waals surface area (Å²) >= 11 is 0. The van der Waals surface area contributed by atoms with Crippen LogP contribution in [0.3, 0.4) is 0 Å². The molecule has 0 unspecified atom stereocenters. The highest BCUT2D eigenvalue weighted by Crippen LogP contribution is 2.27. The molecule has 0 aliphatic heterocycles. The van der Waals surface area contributed by atoms with Gasteiger partial charge in [-0.15, -0.1) is 20.4 Å². The van der Waals surface area contributed by atoms with E-state index in [9.17, 15) is 0 Å². The normalized spacial score (nSPS) is 10.7. The molecule has 10 heteroatoms. The molecule has 2 heterocycles. The number of hydrogen-bond donors (Lipinski definition) is 0. The molecule has 0 spiro atoms. The van der Waals surface area contributed by atoms with E-state index in [2.05, 4.69) is 32.5 Å². The Balaban J connectivity index is 0.827. The first-order chi connectivity index (χ1) is 23.7. The number of unbranched alkanes of at least 4 members (excludes halogenated alkanes) is 5. The Morgan fingerprint density at radius 1 is 0.417 bits per heavy atom. The Hall–Kier alpha value is -6.26. The Morgan fingerprint density at radius 3 is 1.02 bits per heavy atom. The van der Waals surface area contributed by atoms with Gasteiger partial charge < -0.3 is 18.3 Å². The number of rotatable bonds is 15. The average Bonchev–Trinajstić information content (AvgIpc) is 3.85. The third-order valence-electron chi connectivity index (χ3n) is 7.65. The van der Waals surface area contributed by atoms with Gasteiger partial charge in [-0.3, -0.25) is 0 Å². The summed E-state index contributed by atoms with van der Waals surface area (Å²) < 4.78 is 23.5. The number of nitriles is 2. The maximum absolute atomic E-state index is 8.96. The summed E-state index contributed by atoms with van der Waals surface area (Å²) in [7, 11) is 0. The van der Waals surface area contributed by atoms with Gasteiger partial charge >= 0.3 is 0 Å². The van der Waals surface area contributed by atoms with Crippen molar-refractivity contribution in [1.82, 2.24) is 20.4 Å². The van der Waals surface area contributed by atoms with E-state index in [1.807, 2.05) is 48.5 Å². The van der Waals surface area contributed by atoms with Crippen LogP contribution in [0.1, 0.15) is 49.7 Å². The van der Waals surface area contributed by atoms with Gasteiger partial charge in [0.1, 0.15) is 11.5 Å². The molecule has 0 atom stereocenters. The highest BCUT2D eigenvalue weighted by Gasteiger charge is 2.12. The first kappa shape index (κ1) is 31.7. The van der Waals surface area contributed by atoms with E-state index in [0.717, 1.165) is 72.3 Å². The second kappa shape index (κ2) is 15.8. The van der Waals surface area contributed by atoms with E-state index < -0.39 is 0 Å². The van der Waals surface area contributed by atoms with Crippen LogP contribution in [0.25, 0.3) is 45.8 Å². The van der Waals surface area contributed by atoms with Crippen molar-refractivity contribution in [3.05, 3.63) is 108 Å². The molecule has 2 aromatic heterocycles. The predicted molar refractivity (Wildman–Crippen MR) is 178 cm³/mol. The lowest BCUT2D eigenvalue weighted by Gasteiger charge is -2.07. The number of ether oxygens (including phenoxy) is 2. The summed E-state index contributed by atoms with van der Waals surface area (Å²) in [4.78, 5) is 0. The average molecular weight is 637 g/mol. The van der Waals surface area contributed by atoms with Gasteiger partial charge in [-0.05, 0) is 110 Å². The van der Waals surface area contributed by atoms with Crippen LogP contribution in [-0.4, -0.2) is 33.6 Å². The summed E-state index contributed by atoms with van der Waals surface area (Å²) in [6, 6.07) is 33.5. The third kappa shape index (κ3) is 8.31. The SMILES string of the molecule is N#Cc1ccc(-c2nnc(-c3ccc(OCCCCCCCCOc4ccc(-c5nnc(-c6ccc(C#N)cc6)o5)cc4)cc3)o2)cc1. The molecule has 0 aliphatic rings. The first-order valence-electron chi connectivity index (χ1n) is 15.8. The van der Waals surface area contributed by atoms with Gasteiger partial charge in [0.15, 0.2) is 0 Å². The summed E-state index contributed by atoms with van der Waals surface area (Å²) in [5, 5.41) is 34.5. The quantitative estimate of drug-likeness (QED) is 0.100. The molecule has 0 aliphatic carbocycles. The number of hydrogen-bond acceptors (Lipinski definition) is 10. The van der Waals surface area contributed by atoms with E-state index in [1.165, 1.54) is 0 Å². The van der Waals surface area contributed by atoms with E-state index in [0.29, 0.717) is 47.9 Å². The summed E-state index contributed by atoms with van der Waals surface area (Å²) in [6.07, 6.45) is 6.54. The number of nitrogens with zero attached hydrogens (tertiary/aromatic N) is 6. The fourth-order valence-electron chi connectivity index (χ4n) is 4.97. The van der Waals surface area contributed by atoms with Gasteiger partial charge in [-0.25, -0.2) is 0 Å². The minimum atomic E-state index is 0.409. The van der Waals surface area contributed by atoms with Crippen LogP contribution in [0.15, 0.2) is 106 Å². The molecular formula is C38H32N6O4. The second-order valence-electron chi connectivity index (χ2n) is 11.1. The van der Waals surface area contributed by atoms with Crippen molar-refractivity contribution in [2.75, 3.05) is 13.2 Å². The van der Waals surface area contributed by atoms with Crippen molar-refractivity contribution >= 4 is 0 Å². The van der Waals surface area contributed by atoms with E-state index in [1.54, 1.807) is 48.5 Å². The van der Waals surface area contributed by atoms with Gasteiger partial charge in [-0.1, -0.05) is 25.7 Å². The Bertz CT molecular complexity index is 1840. The zero-order valence-electron chi connectivity index (χ0n) is 26.2. The highest BCUT2D eigenvalue weighted by atomic mass is 16.5. The van der Waals surface area contributed by atoms with E-state index in [-0.39, 0.29) is 0 Å². The molecule has 48 heavy (non-hydrogen) atoms. The lowest BCUT2D eigenvalue weighted by atomic mass is 10.1. The number of benzene rings is 4. The van der Waals surface area contributed by atoms with Crippen molar-refractivity contribution in [1.29, 1.82) is 10.5 Å². The van der Waals surface area contributed by atoms with Crippen molar-refractivity contribution in [3.8, 4) is 69.5 Å². The molecule has 0 saturated carbocycles. The highest BCUT2D eigenvalue weighted by molar-refractivity contribution is 5.60. The molecule has 0 radical (unpaired) electrons. The topological polar surface area (TPSA) is 144 Å². The lowest BCUT2D eigenvalue weighted by Crippen LogP contribution is -1.98. The predicted octanol–water partition coefficient (Wildman–Crippen LogP) is 8.66. The van der Waals surface area contributed by atoms with Crippen LogP contribution in [0.2, 0.25) is 0 Å². The second-order valence-corrected chi connectivity index (χ2v) is 11.1. The Kier molecular flexibility index (Phi) is 10.5. The zero-order chi connectivity index (χ0) is 33.0. The van der Waals surface area contributed by atoms with E-state index in [4.69, 9.17) is 28.8 Å². The minimum Gasteiger partial charge on any atom is -0.494 e. The van der Waals surface area contributed by atoms with Crippen molar-refractivity contribution < 1.29 is 18.3 Å². The minimum absolute atomic E-state index is 0.409. The molecule has 0 bridgehead atoms. The largest absolute Gasteiger partial charge is 0.494 e. The summed E-state index contributed by atoms with van der Waals surface area (Å²) in [6.45, 7) is 1.34. The Labute approximate surface area is 278 Å². The van der Waals surface area contributed by atoms with Crippen LogP contribution in [0.4, 0.5) is 0 Å². The molecule has 238 valence electrons. The van der Waals surface area contributed by atoms with Crippen LogP contribution in [0.5, 0.6) is 11.5 Å². The third-order valence-corrected chi connectivity index (χ3v) is 7.65. The molecule has 10 nitrogen and oxygen atoms in total. The monoisotopic (exact) mass is 636 g/mol. The lowest BCUT2D eigenvalue weighted by molar-refractivity contribution is 0.297. The van der Waals surface area contributed by atoms with Crippen LogP contribution in [0, 0.1) is 22.7 Å². The molecule has 6 rings (SSSR count). The summed E-state index contributed by atoms with van der Waals surface area (Å²) in [5.41, 5.74) is 4.32. The van der Waals surface area contributed by atoms with Crippen molar-refractivity contribution in [2.45, 2.75) is 38.5 Å². The van der Waals surface area contributed by atoms with Gasteiger partial charge in [-0.2, -0.15) is 10.5 Å². The molecule has 6 aromatic rings. The molecule has 0 N–H and O–H groups in total. The summed E-state index contributed by atoms with van der Waals surface area (Å²) in [5.74, 6) is 3.29. The number of aromatic nitrogens is 4. The molecular weight excluding hydrogens is 604 g/mol. The van der Waals surface area contributed by atoms with Gasteiger partial charge in [0.25, 0.3) is 0 Å².